The number of aromatic nitrogens is 1. The van der Waals surface area contributed by atoms with Crippen molar-refractivity contribution < 1.29 is 9.90 Å². The van der Waals surface area contributed by atoms with Gasteiger partial charge in [-0.25, -0.2) is 0 Å². The Morgan fingerprint density at radius 2 is 1.76 bits per heavy atom. The summed E-state index contributed by atoms with van der Waals surface area (Å²) in [7, 11) is 0. The zero-order chi connectivity index (χ0) is 14.8. The van der Waals surface area contributed by atoms with E-state index >= 15 is 0 Å². The molecule has 0 aliphatic carbocycles. The van der Waals surface area contributed by atoms with Crippen molar-refractivity contribution in [1.82, 2.24) is 4.57 Å². The van der Waals surface area contributed by atoms with Crippen molar-refractivity contribution in [3.63, 3.8) is 0 Å². The number of halogens is 1. The molecular formula is C17H14ClNO2. The van der Waals surface area contributed by atoms with Gasteiger partial charge in [0.1, 0.15) is 5.69 Å². The van der Waals surface area contributed by atoms with Crippen LogP contribution in [-0.2, 0) is 6.54 Å². The van der Waals surface area contributed by atoms with Gasteiger partial charge in [0.05, 0.1) is 23.2 Å². The molecule has 1 unspecified atom stereocenters. The van der Waals surface area contributed by atoms with E-state index in [-0.39, 0.29) is 6.54 Å². The summed E-state index contributed by atoms with van der Waals surface area (Å²) in [5.41, 5.74) is 2.05. The summed E-state index contributed by atoms with van der Waals surface area (Å²) in [4.78, 5) is 11.3. The Labute approximate surface area is 127 Å². The quantitative estimate of drug-likeness (QED) is 0.744. The maximum absolute atomic E-state index is 11.3. The number of fused-ring (bicyclic) bond motifs is 1. The third-order valence-electron chi connectivity index (χ3n) is 3.60. The monoisotopic (exact) mass is 299 g/mol. The molecule has 0 saturated carbocycles. The van der Waals surface area contributed by atoms with Crippen molar-refractivity contribution in [3.8, 4) is 0 Å². The Morgan fingerprint density at radius 3 is 2.48 bits per heavy atom. The number of rotatable bonds is 4. The summed E-state index contributed by atoms with van der Waals surface area (Å²) in [6, 6.07) is 16.9. The number of carbonyl (C=O) groups is 1. The highest BCUT2D eigenvalue weighted by Crippen LogP contribution is 2.31. The first-order chi connectivity index (χ1) is 10.2. The van der Waals surface area contributed by atoms with Crippen LogP contribution in [0.15, 0.2) is 54.6 Å². The smallest absolute Gasteiger partial charge is 0.168 e. The summed E-state index contributed by atoms with van der Waals surface area (Å²) in [6.07, 6.45) is 0.0387. The van der Waals surface area contributed by atoms with Crippen LogP contribution in [-0.4, -0.2) is 16.0 Å². The maximum atomic E-state index is 11.3. The molecule has 0 bridgehead atoms. The summed E-state index contributed by atoms with van der Waals surface area (Å²) < 4.78 is 1.77. The fraction of sp³-hybridized carbons (Fsp3) is 0.118. The lowest BCUT2D eigenvalue weighted by Gasteiger charge is -2.14. The van der Waals surface area contributed by atoms with Crippen LogP contribution in [0.3, 0.4) is 0 Å². The molecule has 0 radical (unpaired) electrons. The second kappa shape index (κ2) is 5.72. The first-order valence-corrected chi connectivity index (χ1v) is 7.05. The first kappa shape index (κ1) is 13.9. The molecule has 3 aromatic rings. The van der Waals surface area contributed by atoms with Crippen LogP contribution in [0.5, 0.6) is 0 Å². The van der Waals surface area contributed by atoms with E-state index in [9.17, 15) is 9.90 Å². The fourth-order valence-electron chi connectivity index (χ4n) is 2.55. The van der Waals surface area contributed by atoms with Gasteiger partial charge in [0.2, 0.25) is 0 Å². The van der Waals surface area contributed by atoms with Crippen LogP contribution >= 0.6 is 11.6 Å². The first-order valence-electron chi connectivity index (χ1n) is 6.67. The molecule has 21 heavy (non-hydrogen) atoms. The molecule has 0 amide bonds. The van der Waals surface area contributed by atoms with Crippen molar-refractivity contribution in [2.24, 2.45) is 0 Å². The van der Waals surface area contributed by atoms with Gasteiger partial charge in [-0.3, -0.25) is 4.79 Å². The van der Waals surface area contributed by atoms with Crippen LogP contribution in [0.4, 0.5) is 0 Å². The third-order valence-corrected chi connectivity index (χ3v) is 4.00. The summed E-state index contributed by atoms with van der Waals surface area (Å²) in [5.74, 6) is 0. The van der Waals surface area contributed by atoms with E-state index in [0.29, 0.717) is 10.7 Å². The molecule has 106 valence electrons. The van der Waals surface area contributed by atoms with Crippen molar-refractivity contribution in [1.29, 1.82) is 0 Å². The minimum absolute atomic E-state index is 0.283. The fourth-order valence-corrected chi connectivity index (χ4v) is 2.85. The summed E-state index contributed by atoms with van der Waals surface area (Å²) >= 11 is 6.26. The van der Waals surface area contributed by atoms with Gasteiger partial charge in [0, 0.05) is 5.39 Å². The number of benzene rings is 2. The summed E-state index contributed by atoms with van der Waals surface area (Å²) in [5, 5.41) is 11.6. The highest BCUT2D eigenvalue weighted by atomic mass is 35.5. The Balaban J connectivity index is 2.06. The van der Waals surface area contributed by atoms with E-state index in [4.69, 9.17) is 11.6 Å². The number of hydrogen-bond acceptors (Lipinski definition) is 2. The molecule has 4 heteroatoms. The van der Waals surface area contributed by atoms with Gasteiger partial charge in [-0.2, -0.15) is 0 Å². The molecule has 0 fully saturated rings. The highest BCUT2D eigenvalue weighted by molar-refractivity contribution is 6.38. The lowest BCUT2D eigenvalue weighted by atomic mass is 10.1. The number of aliphatic hydroxyl groups excluding tert-OH is 1. The Kier molecular flexibility index (Phi) is 3.78. The molecule has 1 atom stereocenters. The average molecular weight is 300 g/mol. The van der Waals surface area contributed by atoms with E-state index < -0.39 is 6.10 Å². The van der Waals surface area contributed by atoms with Crippen LogP contribution in [0.1, 0.15) is 22.2 Å². The van der Waals surface area contributed by atoms with Gasteiger partial charge < -0.3 is 9.67 Å². The standard InChI is InChI=1S/C17H14ClNO2/c18-17-13-8-4-5-9-14(13)19(15(17)11-20)10-16(21)12-6-2-1-3-7-12/h1-9,11,16,21H,10H2. The molecule has 1 heterocycles. The van der Waals surface area contributed by atoms with Crippen LogP contribution < -0.4 is 0 Å². The van der Waals surface area contributed by atoms with E-state index in [2.05, 4.69) is 0 Å². The molecule has 1 N–H and O–H groups in total. The SMILES string of the molecule is O=Cc1c(Cl)c2ccccc2n1CC(O)c1ccccc1. The number of hydrogen-bond donors (Lipinski definition) is 1. The number of nitrogens with zero attached hydrogens (tertiary/aromatic N) is 1. The maximum Gasteiger partial charge on any atom is 0.168 e. The van der Waals surface area contributed by atoms with Crippen molar-refractivity contribution >= 4 is 28.8 Å². The molecule has 0 spiro atoms. The average Bonchev–Trinajstić information content (AvgIpc) is 2.80. The van der Waals surface area contributed by atoms with E-state index in [1.165, 1.54) is 0 Å². The van der Waals surface area contributed by atoms with Crippen molar-refractivity contribution in [3.05, 3.63) is 70.9 Å². The van der Waals surface area contributed by atoms with E-state index in [0.717, 1.165) is 22.8 Å². The molecule has 3 nitrogen and oxygen atoms in total. The van der Waals surface area contributed by atoms with Crippen molar-refractivity contribution in [2.45, 2.75) is 12.6 Å². The van der Waals surface area contributed by atoms with Gasteiger partial charge in [-0.1, -0.05) is 60.1 Å². The third kappa shape index (κ3) is 2.46. The minimum atomic E-state index is -0.697. The van der Waals surface area contributed by atoms with Crippen molar-refractivity contribution in [2.75, 3.05) is 0 Å². The molecule has 3 rings (SSSR count). The van der Waals surface area contributed by atoms with Gasteiger partial charge in [0.25, 0.3) is 0 Å². The van der Waals surface area contributed by atoms with Crippen LogP contribution in [0.25, 0.3) is 10.9 Å². The Hall–Kier alpha value is -2.10. The number of aliphatic hydroxyl groups is 1. The molecule has 1 aromatic heterocycles. The highest BCUT2D eigenvalue weighted by Gasteiger charge is 2.17. The number of carbonyl (C=O) groups excluding carboxylic acids is 1. The summed E-state index contributed by atoms with van der Waals surface area (Å²) in [6.45, 7) is 0.283. The van der Waals surface area contributed by atoms with Gasteiger partial charge in [0.15, 0.2) is 6.29 Å². The van der Waals surface area contributed by atoms with Crippen LogP contribution in [0.2, 0.25) is 5.02 Å². The van der Waals surface area contributed by atoms with Crippen LogP contribution in [0, 0.1) is 0 Å². The minimum Gasteiger partial charge on any atom is -0.387 e. The topological polar surface area (TPSA) is 42.2 Å². The Bertz CT molecular complexity index is 780. The normalized spacial score (nSPS) is 12.5. The van der Waals surface area contributed by atoms with E-state index in [1.807, 2.05) is 54.6 Å². The van der Waals surface area contributed by atoms with E-state index in [1.54, 1.807) is 4.57 Å². The Morgan fingerprint density at radius 1 is 1.10 bits per heavy atom. The second-order valence-corrected chi connectivity index (χ2v) is 5.25. The van der Waals surface area contributed by atoms with Gasteiger partial charge in [-0.05, 0) is 11.6 Å². The number of aldehydes is 1. The second-order valence-electron chi connectivity index (χ2n) is 4.87. The predicted octanol–water partition coefficient (Wildman–Crippen LogP) is 3.84. The molecule has 2 aromatic carbocycles. The molecule has 0 aliphatic rings. The molecule has 0 saturated heterocycles. The lowest BCUT2D eigenvalue weighted by Crippen LogP contribution is -2.11. The molecule has 0 aliphatic heterocycles. The van der Waals surface area contributed by atoms with Gasteiger partial charge in [-0.15, -0.1) is 0 Å². The van der Waals surface area contributed by atoms with Gasteiger partial charge >= 0.3 is 0 Å². The number of para-hydroxylation sites is 1. The molecular weight excluding hydrogens is 286 g/mol. The zero-order valence-corrected chi connectivity index (χ0v) is 12.0. The largest absolute Gasteiger partial charge is 0.387 e. The lowest BCUT2D eigenvalue weighted by molar-refractivity contribution is 0.110. The zero-order valence-electron chi connectivity index (χ0n) is 11.2. The predicted molar refractivity (Wildman–Crippen MR) is 83.7 cm³/mol.